The Kier molecular flexibility index (Phi) is 5.54. The van der Waals surface area contributed by atoms with E-state index in [9.17, 15) is 9.59 Å². The molecule has 1 amide bonds. The van der Waals surface area contributed by atoms with Crippen molar-refractivity contribution in [2.24, 2.45) is 0 Å². The Bertz CT molecular complexity index is 1060. The zero-order valence-corrected chi connectivity index (χ0v) is 17.0. The summed E-state index contributed by atoms with van der Waals surface area (Å²) in [6, 6.07) is 5.67. The lowest BCUT2D eigenvalue weighted by Crippen LogP contribution is -2.28. The summed E-state index contributed by atoms with van der Waals surface area (Å²) in [5.74, 6) is 0.0486. The molecule has 1 N–H and O–H groups in total. The first-order valence-corrected chi connectivity index (χ1v) is 10.8. The number of thioether (sulfide) groups is 1. The molecule has 0 radical (unpaired) electrons. The number of carbonyl (C=O) groups is 1. The lowest BCUT2D eigenvalue weighted by Gasteiger charge is -2.13. The van der Waals surface area contributed by atoms with E-state index in [1.54, 1.807) is 10.8 Å². The summed E-state index contributed by atoms with van der Waals surface area (Å²) >= 11 is 2.71. The Hall–Kier alpha value is -2.52. The highest BCUT2D eigenvalue weighted by Gasteiger charge is 2.22. The van der Waals surface area contributed by atoms with Crippen LogP contribution in [0.15, 0.2) is 39.6 Å². The standard InChI is InChI=1S/C19H19N5O2S2/c1-12-10-28-18(21-12)22-16(25)11-27-17-14-6-4-7-15(14)24(19(26)23-17)9-13-5-2-3-8-20-13/h2-3,5,8,10H,4,6-7,9,11H2,1H3,(H,21,22,25). The summed E-state index contributed by atoms with van der Waals surface area (Å²) in [6.07, 6.45) is 4.43. The van der Waals surface area contributed by atoms with Gasteiger partial charge in [0.1, 0.15) is 5.03 Å². The van der Waals surface area contributed by atoms with Crippen molar-refractivity contribution in [2.45, 2.75) is 37.8 Å². The van der Waals surface area contributed by atoms with Gasteiger partial charge in [-0.3, -0.25) is 14.3 Å². The number of amides is 1. The van der Waals surface area contributed by atoms with Gasteiger partial charge in [-0.05, 0) is 38.3 Å². The molecule has 4 rings (SSSR count). The highest BCUT2D eigenvalue weighted by molar-refractivity contribution is 8.00. The van der Waals surface area contributed by atoms with Crippen molar-refractivity contribution in [3.63, 3.8) is 0 Å². The SMILES string of the molecule is Cc1csc(NC(=O)CSc2nc(=O)n(Cc3ccccn3)c3c2CCC3)n1. The third-order valence-corrected chi connectivity index (χ3v) is 6.35. The minimum absolute atomic E-state index is 0.148. The fourth-order valence-electron chi connectivity index (χ4n) is 3.22. The molecule has 1 aliphatic rings. The van der Waals surface area contributed by atoms with Gasteiger partial charge in [-0.15, -0.1) is 11.3 Å². The van der Waals surface area contributed by atoms with Gasteiger partial charge in [-0.25, -0.2) is 9.78 Å². The van der Waals surface area contributed by atoms with Gasteiger partial charge in [-0.2, -0.15) is 4.98 Å². The fourth-order valence-corrected chi connectivity index (χ4v) is 4.80. The average molecular weight is 414 g/mol. The van der Waals surface area contributed by atoms with Crippen LogP contribution in [0.3, 0.4) is 0 Å². The number of rotatable bonds is 6. The van der Waals surface area contributed by atoms with Crippen molar-refractivity contribution in [2.75, 3.05) is 11.1 Å². The molecule has 0 atom stereocenters. The van der Waals surface area contributed by atoms with E-state index in [2.05, 4.69) is 20.3 Å². The molecule has 0 spiro atoms. The largest absolute Gasteiger partial charge is 0.349 e. The monoisotopic (exact) mass is 413 g/mol. The predicted octanol–water partition coefficient (Wildman–Crippen LogP) is 2.67. The first-order chi connectivity index (χ1) is 13.6. The Balaban J connectivity index is 1.51. The highest BCUT2D eigenvalue weighted by atomic mass is 32.2. The highest BCUT2D eigenvalue weighted by Crippen LogP contribution is 2.29. The van der Waals surface area contributed by atoms with Crippen molar-refractivity contribution in [3.8, 4) is 0 Å². The van der Waals surface area contributed by atoms with Gasteiger partial charge in [0.2, 0.25) is 5.91 Å². The predicted molar refractivity (Wildman–Crippen MR) is 110 cm³/mol. The summed E-state index contributed by atoms with van der Waals surface area (Å²) < 4.78 is 1.72. The molecule has 9 heteroatoms. The Labute approximate surface area is 170 Å². The first-order valence-electron chi connectivity index (χ1n) is 8.97. The molecule has 0 saturated carbocycles. The fraction of sp³-hybridized carbons (Fsp3) is 0.316. The van der Waals surface area contributed by atoms with Crippen molar-refractivity contribution in [1.29, 1.82) is 0 Å². The molecule has 3 aromatic rings. The van der Waals surface area contributed by atoms with E-state index in [1.165, 1.54) is 23.1 Å². The number of hydrogen-bond donors (Lipinski definition) is 1. The van der Waals surface area contributed by atoms with Gasteiger partial charge in [0, 0.05) is 22.8 Å². The number of hydrogen-bond acceptors (Lipinski definition) is 7. The molecule has 0 saturated heterocycles. The number of nitrogens with zero attached hydrogens (tertiary/aromatic N) is 4. The van der Waals surface area contributed by atoms with Crippen molar-refractivity contribution in [3.05, 3.63) is 62.9 Å². The second-order valence-corrected chi connectivity index (χ2v) is 8.34. The molecule has 144 valence electrons. The van der Waals surface area contributed by atoms with Crippen molar-refractivity contribution in [1.82, 2.24) is 19.5 Å². The van der Waals surface area contributed by atoms with Crippen LogP contribution in [-0.2, 0) is 24.2 Å². The molecular weight excluding hydrogens is 394 g/mol. The minimum Gasteiger partial charge on any atom is -0.301 e. The van der Waals surface area contributed by atoms with Crippen molar-refractivity contribution >= 4 is 34.1 Å². The second-order valence-electron chi connectivity index (χ2n) is 6.52. The maximum absolute atomic E-state index is 12.6. The van der Waals surface area contributed by atoms with Crippen LogP contribution >= 0.6 is 23.1 Å². The maximum Gasteiger partial charge on any atom is 0.349 e. The summed E-state index contributed by atoms with van der Waals surface area (Å²) in [4.78, 5) is 37.7. The van der Waals surface area contributed by atoms with Crippen LogP contribution in [0.25, 0.3) is 0 Å². The van der Waals surface area contributed by atoms with Crippen LogP contribution < -0.4 is 11.0 Å². The van der Waals surface area contributed by atoms with Crippen LogP contribution in [0, 0.1) is 6.92 Å². The van der Waals surface area contributed by atoms with E-state index >= 15 is 0 Å². The average Bonchev–Trinajstić information content (AvgIpc) is 3.33. The van der Waals surface area contributed by atoms with E-state index in [0.717, 1.165) is 41.9 Å². The van der Waals surface area contributed by atoms with Gasteiger partial charge in [0.15, 0.2) is 5.13 Å². The molecular formula is C19H19N5O2S2. The topological polar surface area (TPSA) is 89.8 Å². The molecule has 1 aliphatic carbocycles. The number of aromatic nitrogens is 4. The normalized spacial score (nSPS) is 12.8. The molecule has 7 nitrogen and oxygen atoms in total. The van der Waals surface area contributed by atoms with Crippen LogP contribution in [0.2, 0.25) is 0 Å². The molecule has 3 aromatic heterocycles. The summed E-state index contributed by atoms with van der Waals surface area (Å²) in [7, 11) is 0. The molecule has 3 heterocycles. The Morgan fingerprint density at radius 2 is 2.21 bits per heavy atom. The van der Waals surface area contributed by atoms with Crippen molar-refractivity contribution < 1.29 is 4.79 Å². The third-order valence-electron chi connectivity index (χ3n) is 4.45. The van der Waals surface area contributed by atoms with Gasteiger partial charge >= 0.3 is 5.69 Å². The van der Waals surface area contributed by atoms with Gasteiger partial charge in [-0.1, -0.05) is 17.8 Å². The van der Waals surface area contributed by atoms with Crippen LogP contribution in [0.1, 0.15) is 29.1 Å². The van der Waals surface area contributed by atoms with Gasteiger partial charge in [0.05, 0.1) is 23.7 Å². The van der Waals surface area contributed by atoms with Gasteiger partial charge in [0.25, 0.3) is 0 Å². The second kappa shape index (κ2) is 8.24. The number of anilines is 1. The number of thiazole rings is 1. The third kappa shape index (κ3) is 4.15. The van der Waals surface area contributed by atoms with Crippen LogP contribution in [-0.4, -0.2) is 31.2 Å². The molecule has 0 aromatic carbocycles. The lowest BCUT2D eigenvalue weighted by molar-refractivity contribution is -0.113. The number of nitrogens with one attached hydrogen (secondary N) is 1. The maximum atomic E-state index is 12.6. The van der Waals surface area contributed by atoms with E-state index in [0.29, 0.717) is 16.7 Å². The first kappa shape index (κ1) is 18.8. The quantitative estimate of drug-likeness (QED) is 0.494. The molecule has 0 bridgehead atoms. The summed E-state index contributed by atoms with van der Waals surface area (Å²) in [5.41, 5.74) is 3.52. The number of carbonyl (C=O) groups excluding carboxylic acids is 1. The number of fused-ring (bicyclic) bond motifs is 1. The zero-order valence-electron chi connectivity index (χ0n) is 15.3. The molecule has 0 aliphatic heterocycles. The Morgan fingerprint density at radius 1 is 1.32 bits per heavy atom. The van der Waals surface area contributed by atoms with Crippen LogP contribution in [0.4, 0.5) is 5.13 Å². The zero-order chi connectivity index (χ0) is 19.5. The number of aryl methyl sites for hydroxylation is 1. The van der Waals surface area contributed by atoms with E-state index < -0.39 is 0 Å². The smallest absolute Gasteiger partial charge is 0.301 e. The summed E-state index contributed by atoms with van der Waals surface area (Å²) in [5, 5.41) is 5.93. The van der Waals surface area contributed by atoms with E-state index in [1.807, 2.05) is 30.5 Å². The lowest BCUT2D eigenvalue weighted by atomic mass is 10.2. The van der Waals surface area contributed by atoms with Gasteiger partial charge < -0.3 is 5.32 Å². The van der Waals surface area contributed by atoms with E-state index in [-0.39, 0.29) is 17.3 Å². The summed E-state index contributed by atoms with van der Waals surface area (Å²) in [6.45, 7) is 2.30. The van der Waals surface area contributed by atoms with E-state index in [4.69, 9.17) is 0 Å². The van der Waals surface area contributed by atoms with Crippen LogP contribution in [0.5, 0.6) is 0 Å². The molecule has 0 fully saturated rings. The number of pyridine rings is 1. The Morgan fingerprint density at radius 3 is 2.96 bits per heavy atom. The molecule has 28 heavy (non-hydrogen) atoms. The minimum atomic E-state index is -0.287. The molecule has 0 unspecified atom stereocenters.